The molecule has 1 amide bonds. The Labute approximate surface area is 182 Å². The lowest BCUT2D eigenvalue weighted by Gasteiger charge is -2.33. The number of likely N-dealkylation sites (tertiary alicyclic amines) is 1. The van der Waals surface area contributed by atoms with Crippen LogP contribution in [0.2, 0.25) is 0 Å². The molecular weight excluding hydrogens is 393 g/mol. The predicted octanol–water partition coefficient (Wildman–Crippen LogP) is 3.31. The Kier molecular flexibility index (Phi) is 6.99. The van der Waals surface area contributed by atoms with Gasteiger partial charge in [0.05, 0.1) is 13.0 Å². The van der Waals surface area contributed by atoms with Crippen LogP contribution in [0.25, 0.3) is 10.9 Å². The van der Waals surface area contributed by atoms with Gasteiger partial charge in [-0.25, -0.2) is 4.39 Å². The average molecular weight is 424 g/mol. The predicted molar refractivity (Wildman–Crippen MR) is 121 cm³/mol. The van der Waals surface area contributed by atoms with E-state index in [4.69, 9.17) is 5.11 Å². The van der Waals surface area contributed by atoms with Gasteiger partial charge >= 0.3 is 0 Å². The molecule has 0 atom stereocenters. The van der Waals surface area contributed by atoms with E-state index in [1.807, 2.05) is 18.2 Å². The van der Waals surface area contributed by atoms with Crippen LogP contribution < -0.4 is 5.32 Å². The summed E-state index contributed by atoms with van der Waals surface area (Å²) >= 11 is 0. The normalized spacial score (nSPS) is 15.4. The maximum atomic E-state index is 13.1. The van der Waals surface area contributed by atoms with E-state index in [9.17, 15) is 9.18 Å². The first-order valence-corrected chi connectivity index (χ1v) is 11.1. The highest BCUT2D eigenvalue weighted by molar-refractivity contribution is 5.84. The molecule has 2 aromatic carbocycles. The first kappa shape index (κ1) is 21.5. The molecule has 3 aromatic rings. The quantitative estimate of drug-likeness (QED) is 0.585. The molecule has 1 aliphatic heterocycles. The molecule has 6 heteroatoms. The van der Waals surface area contributed by atoms with Crippen LogP contribution in [0.15, 0.2) is 54.7 Å². The van der Waals surface area contributed by atoms with Gasteiger partial charge in [-0.1, -0.05) is 24.3 Å². The number of rotatable bonds is 8. The molecule has 0 saturated carbocycles. The summed E-state index contributed by atoms with van der Waals surface area (Å²) in [5.74, 6) is -0.251. The Balaban J connectivity index is 1.35. The second kappa shape index (κ2) is 10.1. The molecule has 4 rings (SSSR count). The van der Waals surface area contributed by atoms with Crippen LogP contribution in [-0.4, -0.2) is 53.3 Å². The standard InChI is InChI=1S/C25H30FN3O2/c26-22-5-2-19(3-6-22)7-12-28-13-9-23(10-14-28)29-15-8-21-4-1-20(17-24(21)29)18-25(31)27-11-16-30/h1-6,8,15,17,23,30H,7,9-14,16,18H2,(H,27,31). The van der Waals surface area contributed by atoms with Crippen LogP contribution in [0.5, 0.6) is 0 Å². The van der Waals surface area contributed by atoms with Gasteiger partial charge in [0.25, 0.3) is 0 Å². The van der Waals surface area contributed by atoms with Gasteiger partial charge in [-0.3, -0.25) is 4.79 Å². The van der Waals surface area contributed by atoms with E-state index in [-0.39, 0.29) is 24.9 Å². The number of halogens is 1. The van der Waals surface area contributed by atoms with Crippen molar-refractivity contribution in [3.05, 3.63) is 71.7 Å². The molecule has 0 aliphatic carbocycles. The van der Waals surface area contributed by atoms with Gasteiger partial charge in [0.15, 0.2) is 0 Å². The fourth-order valence-corrected chi connectivity index (χ4v) is 4.43. The maximum absolute atomic E-state index is 13.1. The Morgan fingerprint density at radius 2 is 1.81 bits per heavy atom. The molecule has 1 aliphatic rings. The monoisotopic (exact) mass is 423 g/mol. The minimum absolute atomic E-state index is 0.0454. The van der Waals surface area contributed by atoms with Crippen molar-refractivity contribution in [3.8, 4) is 0 Å². The van der Waals surface area contributed by atoms with E-state index in [0.29, 0.717) is 12.5 Å². The molecule has 1 aromatic heterocycles. The van der Waals surface area contributed by atoms with Crippen molar-refractivity contribution in [3.63, 3.8) is 0 Å². The largest absolute Gasteiger partial charge is 0.395 e. The van der Waals surface area contributed by atoms with Gasteiger partial charge in [0.1, 0.15) is 5.82 Å². The molecule has 2 heterocycles. The molecule has 0 unspecified atom stereocenters. The molecule has 0 radical (unpaired) electrons. The molecule has 0 spiro atoms. The summed E-state index contributed by atoms with van der Waals surface area (Å²) < 4.78 is 15.4. The van der Waals surface area contributed by atoms with Crippen molar-refractivity contribution in [2.75, 3.05) is 32.8 Å². The van der Waals surface area contributed by atoms with Gasteiger partial charge in [-0.15, -0.1) is 0 Å². The van der Waals surface area contributed by atoms with E-state index in [1.54, 1.807) is 0 Å². The number of nitrogens with zero attached hydrogens (tertiary/aromatic N) is 2. The molecule has 164 valence electrons. The third-order valence-corrected chi connectivity index (χ3v) is 6.17. The van der Waals surface area contributed by atoms with Crippen molar-refractivity contribution in [1.29, 1.82) is 0 Å². The molecule has 31 heavy (non-hydrogen) atoms. The van der Waals surface area contributed by atoms with E-state index < -0.39 is 0 Å². The fraction of sp³-hybridized carbons (Fsp3) is 0.400. The summed E-state index contributed by atoms with van der Waals surface area (Å²) in [7, 11) is 0. The molecule has 5 nitrogen and oxygen atoms in total. The highest BCUT2D eigenvalue weighted by Gasteiger charge is 2.21. The summed E-state index contributed by atoms with van der Waals surface area (Å²) in [6.45, 7) is 3.34. The Morgan fingerprint density at radius 1 is 1.06 bits per heavy atom. The van der Waals surface area contributed by atoms with Crippen LogP contribution in [0, 0.1) is 5.82 Å². The summed E-state index contributed by atoms with van der Waals surface area (Å²) in [4.78, 5) is 14.5. The molecule has 1 saturated heterocycles. The van der Waals surface area contributed by atoms with Crippen molar-refractivity contribution in [1.82, 2.24) is 14.8 Å². The van der Waals surface area contributed by atoms with Crippen molar-refractivity contribution >= 4 is 16.8 Å². The number of amides is 1. The SMILES string of the molecule is O=C(Cc1ccc2ccn(C3CCN(CCc4ccc(F)cc4)CC3)c2c1)NCCO. The van der Waals surface area contributed by atoms with E-state index in [1.165, 1.54) is 28.6 Å². The summed E-state index contributed by atoms with van der Waals surface area (Å²) in [6, 6.07) is 15.6. The van der Waals surface area contributed by atoms with Crippen molar-refractivity contribution in [2.24, 2.45) is 0 Å². The Bertz CT molecular complexity index is 1010. The number of piperidine rings is 1. The first-order chi connectivity index (χ1) is 15.1. The number of fused-ring (bicyclic) bond motifs is 1. The van der Waals surface area contributed by atoms with Crippen LogP contribution in [0.1, 0.15) is 30.0 Å². The van der Waals surface area contributed by atoms with E-state index in [0.717, 1.165) is 44.5 Å². The summed E-state index contributed by atoms with van der Waals surface area (Å²) in [5, 5.41) is 12.8. The second-order valence-electron chi connectivity index (χ2n) is 8.32. The number of aromatic nitrogens is 1. The van der Waals surface area contributed by atoms with Gasteiger partial charge in [-0.2, -0.15) is 0 Å². The minimum Gasteiger partial charge on any atom is -0.395 e. The number of benzene rings is 2. The first-order valence-electron chi connectivity index (χ1n) is 11.1. The number of carbonyl (C=O) groups excluding carboxylic acids is 1. The number of hydrogen-bond donors (Lipinski definition) is 2. The molecule has 0 bridgehead atoms. The van der Waals surface area contributed by atoms with Crippen molar-refractivity contribution < 1.29 is 14.3 Å². The number of carbonyl (C=O) groups is 1. The third kappa shape index (κ3) is 5.51. The van der Waals surface area contributed by atoms with Gasteiger partial charge in [-0.05, 0) is 60.0 Å². The van der Waals surface area contributed by atoms with E-state index in [2.05, 4.69) is 39.2 Å². The number of aliphatic hydroxyl groups is 1. The number of aliphatic hydroxyl groups excluding tert-OH is 1. The summed E-state index contributed by atoms with van der Waals surface area (Å²) in [5.41, 5.74) is 3.34. The minimum atomic E-state index is -0.183. The molecule has 1 fully saturated rings. The van der Waals surface area contributed by atoms with Crippen LogP contribution in [-0.2, 0) is 17.6 Å². The maximum Gasteiger partial charge on any atom is 0.224 e. The zero-order valence-corrected chi connectivity index (χ0v) is 17.8. The van der Waals surface area contributed by atoms with Gasteiger partial charge < -0.3 is 19.9 Å². The average Bonchev–Trinajstić information content (AvgIpc) is 3.21. The highest BCUT2D eigenvalue weighted by atomic mass is 19.1. The fourth-order valence-electron chi connectivity index (χ4n) is 4.43. The lowest BCUT2D eigenvalue weighted by molar-refractivity contribution is -0.120. The Hall–Kier alpha value is -2.70. The lowest BCUT2D eigenvalue weighted by Crippen LogP contribution is -2.35. The smallest absolute Gasteiger partial charge is 0.224 e. The third-order valence-electron chi connectivity index (χ3n) is 6.17. The van der Waals surface area contributed by atoms with E-state index >= 15 is 0 Å². The number of hydrogen-bond acceptors (Lipinski definition) is 3. The number of nitrogens with one attached hydrogen (secondary N) is 1. The topological polar surface area (TPSA) is 57.5 Å². The molecular formula is C25H30FN3O2. The summed E-state index contributed by atoms with van der Waals surface area (Å²) in [6.07, 6.45) is 5.62. The molecule has 2 N–H and O–H groups in total. The van der Waals surface area contributed by atoms with Crippen LogP contribution in [0.3, 0.4) is 0 Å². The van der Waals surface area contributed by atoms with Gasteiger partial charge in [0.2, 0.25) is 5.91 Å². The second-order valence-corrected chi connectivity index (χ2v) is 8.32. The van der Waals surface area contributed by atoms with Gasteiger partial charge in [0, 0.05) is 43.9 Å². The van der Waals surface area contributed by atoms with Crippen LogP contribution in [0.4, 0.5) is 4.39 Å². The highest BCUT2D eigenvalue weighted by Crippen LogP contribution is 2.28. The Morgan fingerprint density at radius 3 is 2.55 bits per heavy atom. The zero-order valence-electron chi connectivity index (χ0n) is 17.8. The van der Waals surface area contributed by atoms with Crippen molar-refractivity contribution in [2.45, 2.75) is 31.7 Å². The lowest BCUT2D eigenvalue weighted by atomic mass is 10.0. The zero-order chi connectivity index (χ0) is 21.6. The van der Waals surface area contributed by atoms with Crippen LogP contribution >= 0.6 is 0 Å².